The van der Waals surface area contributed by atoms with Gasteiger partial charge in [-0.15, -0.1) is 11.8 Å². The molecule has 2 N–H and O–H groups in total. The molecule has 1 aromatic carbocycles. The summed E-state index contributed by atoms with van der Waals surface area (Å²) in [6.45, 7) is -0.194. The van der Waals surface area contributed by atoms with E-state index in [1.807, 2.05) is 0 Å². The van der Waals surface area contributed by atoms with E-state index in [0.29, 0.717) is 11.8 Å². The summed E-state index contributed by atoms with van der Waals surface area (Å²) in [5, 5.41) is 6.10. The minimum atomic E-state index is -0.586. The molecule has 2 saturated carbocycles. The summed E-state index contributed by atoms with van der Waals surface area (Å²) in [5.74, 6) is 1.17. The second-order valence-corrected chi connectivity index (χ2v) is 9.81. The van der Waals surface area contributed by atoms with Gasteiger partial charge in [0.1, 0.15) is 16.8 Å². The molecular weight excluding hydrogens is 431 g/mol. The number of carbonyl (C=O) groups excluding carboxylic acids is 2. The van der Waals surface area contributed by atoms with Crippen molar-refractivity contribution in [1.29, 1.82) is 0 Å². The van der Waals surface area contributed by atoms with Crippen LogP contribution in [0.1, 0.15) is 25.7 Å². The number of fused-ring (bicyclic) bond motifs is 1. The number of nitrogens with one attached hydrogen (secondary N) is 2. The largest absolute Gasteiger partial charge is 0.484 e. The number of hydrogen-bond acceptors (Lipinski definition) is 5. The fourth-order valence-corrected chi connectivity index (χ4v) is 6.21. The third-order valence-electron chi connectivity index (χ3n) is 6.46. The number of thioether (sulfide) groups is 1. The fraction of sp³-hybridized carbons (Fsp3) is 0.619. The molecule has 1 aliphatic heterocycles. The molecule has 3 aliphatic rings. The first-order chi connectivity index (χ1) is 14.5. The Hall–Kier alpha value is -1.51. The molecule has 0 spiro atoms. The molecule has 0 aromatic heterocycles. The van der Waals surface area contributed by atoms with Gasteiger partial charge in [-0.1, -0.05) is 11.6 Å². The number of benzene rings is 1. The van der Waals surface area contributed by atoms with Gasteiger partial charge >= 0.3 is 0 Å². The molecule has 0 bridgehead atoms. The van der Waals surface area contributed by atoms with Crippen LogP contribution in [-0.4, -0.2) is 54.7 Å². The van der Waals surface area contributed by atoms with Crippen LogP contribution in [0.2, 0.25) is 5.02 Å². The van der Waals surface area contributed by atoms with Crippen LogP contribution in [0.5, 0.6) is 5.75 Å². The normalized spacial score (nSPS) is 32.2. The van der Waals surface area contributed by atoms with E-state index in [0.717, 1.165) is 37.5 Å². The summed E-state index contributed by atoms with van der Waals surface area (Å²) in [4.78, 5) is 25.1. The van der Waals surface area contributed by atoms with Gasteiger partial charge in [0, 0.05) is 25.3 Å². The van der Waals surface area contributed by atoms with Crippen molar-refractivity contribution in [3.05, 3.63) is 29.0 Å². The van der Waals surface area contributed by atoms with E-state index in [1.165, 1.54) is 12.1 Å². The lowest BCUT2D eigenvalue weighted by molar-refractivity contribution is -0.124. The Morgan fingerprint density at radius 2 is 1.93 bits per heavy atom. The predicted molar refractivity (Wildman–Crippen MR) is 113 cm³/mol. The predicted octanol–water partition coefficient (Wildman–Crippen LogP) is 2.78. The number of rotatable bonds is 7. The lowest BCUT2D eigenvalue weighted by Gasteiger charge is -2.36. The Morgan fingerprint density at radius 3 is 2.60 bits per heavy atom. The van der Waals surface area contributed by atoms with Crippen molar-refractivity contribution < 1.29 is 23.5 Å². The Bertz CT molecular complexity index is 813. The van der Waals surface area contributed by atoms with Gasteiger partial charge in [-0.25, -0.2) is 4.39 Å². The van der Waals surface area contributed by atoms with Crippen LogP contribution >= 0.6 is 23.4 Å². The number of hydrogen-bond donors (Lipinski definition) is 2. The second kappa shape index (κ2) is 9.32. The Kier molecular flexibility index (Phi) is 6.75. The molecule has 2 amide bonds. The van der Waals surface area contributed by atoms with Crippen molar-refractivity contribution in [2.45, 2.75) is 49.1 Å². The molecule has 6 atom stereocenters. The maximum Gasteiger partial charge on any atom is 0.258 e. The van der Waals surface area contributed by atoms with Crippen LogP contribution in [0.3, 0.4) is 0 Å². The molecule has 6 nitrogen and oxygen atoms in total. The monoisotopic (exact) mass is 456 g/mol. The summed E-state index contributed by atoms with van der Waals surface area (Å²) in [5.41, 5.74) is 0. The van der Waals surface area contributed by atoms with Crippen LogP contribution in [-0.2, 0) is 14.3 Å². The topological polar surface area (TPSA) is 76.7 Å². The SMILES string of the molecule is COC1CCSC1C(=O)NC1C[C@H](NC(=O)COc2ccc(Cl)c(F)c2)C2CCC12. The number of halogens is 2. The quantitative estimate of drug-likeness (QED) is 0.659. The van der Waals surface area contributed by atoms with Crippen molar-refractivity contribution in [3.63, 3.8) is 0 Å². The average molecular weight is 457 g/mol. The molecule has 1 saturated heterocycles. The van der Waals surface area contributed by atoms with E-state index in [-0.39, 0.29) is 52.6 Å². The third-order valence-corrected chi connectivity index (χ3v) is 8.11. The minimum absolute atomic E-state index is 0.00898. The van der Waals surface area contributed by atoms with Gasteiger partial charge < -0.3 is 20.1 Å². The first kappa shape index (κ1) is 21.7. The van der Waals surface area contributed by atoms with E-state index in [4.69, 9.17) is 21.1 Å². The van der Waals surface area contributed by atoms with Gasteiger partial charge in [0.05, 0.1) is 11.1 Å². The van der Waals surface area contributed by atoms with E-state index >= 15 is 0 Å². The number of amides is 2. The lowest BCUT2D eigenvalue weighted by atomic mass is 9.73. The molecule has 1 heterocycles. The second-order valence-electron chi connectivity index (χ2n) is 8.15. The smallest absolute Gasteiger partial charge is 0.258 e. The Labute approximate surface area is 184 Å². The number of methoxy groups -OCH3 is 1. The van der Waals surface area contributed by atoms with Gasteiger partial charge in [0.15, 0.2) is 6.61 Å². The van der Waals surface area contributed by atoms with Crippen molar-refractivity contribution in [2.75, 3.05) is 19.5 Å². The van der Waals surface area contributed by atoms with Crippen LogP contribution in [0.4, 0.5) is 4.39 Å². The van der Waals surface area contributed by atoms with Crippen LogP contribution in [0, 0.1) is 17.7 Å². The zero-order chi connectivity index (χ0) is 21.3. The maximum absolute atomic E-state index is 13.5. The van der Waals surface area contributed by atoms with Crippen molar-refractivity contribution in [1.82, 2.24) is 10.6 Å². The van der Waals surface area contributed by atoms with Crippen LogP contribution in [0.25, 0.3) is 0 Å². The Balaban J connectivity index is 1.27. The summed E-state index contributed by atoms with van der Waals surface area (Å²) in [6, 6.07) is 4.17. The van der Waals surface area contributed by atoms with Gasteiger partial charge in [-0.05, 0) is 55.4 Å². The van der Waals surface area contributed by atoms with Crippen molar-refractivity contribution in [3.8, 4) is 5.75 Å². The van der Waals surface area contributed by atoms with Crippen LogP contribution < -0.4 is 15.4 Å². The highest BCUT2D eigenvalue weighted by molar-refractivity contribution is 8.00. The van der Waals surface area contributed by atoms with Gasteiger partial charge in [-0.3, -0.25) is 9.59 Å². The van der Waals surface area contributed by atoms with E-state index in [2.05, 4.69) is 10.6 Å². The van der Waals surface area contributed by atoms with E-state index in [1.54, 1.807) is 18.9 Å². The Morgan fingerprint density at radius 1 is 1.20 bits per heavy atom. The molecule has 2 aliphatic carbocycles. The zero-order valence-electron chi connectivity index (χ0n) is 16.7. The maximum atomic E-state index is 13.5. The fourth-order valence-electron chi connectivity index (χ4n) is 4.79. The molecular formula is C21H26ClFN2O4S. The third kappa shape index (κ3) is 4.55. The first-order valence-corrected chi connectivity index (χ1v) is 11.7. The summed E-state index contributed by atoms with van der Waals surface area (Å²) in [7, 11) is 1.65. The van der Waals surface area contributed by atoms with Crippen molar-refractivity contribution >= 4 is 35.2 Å². The number of carbonyl (C=O) groups is 2. The lowest BCUT2D eigenvalue weighted by Crippen LogP contribution is -2.47. The van der Waals surface area contributed by atoms with Gasteiger partial charge in [0.25, 0.3) is 5.91 Å². The molecule has 164 valence electrons. The summed E-state index contributed by atoms with van der Waals surface area (Å²) in [6.07, 6.45) is 3.70. The average Bonchev–Trinajstić information content (AvgIpc) is 3.24. The highest BCUT2D eigenvalue weighted by Crippen LogP contribution is 2.47. The molecule has 3 fully saturated rings. The standard InChI is InChI=1S/C21H26ClFN2O4S/c1-28-18-6-7-30-20(18)21(27)25-17-9-16(12-3-4-13(12)17)24-19(26)10-29-11-2-5-14(22)15(23)8-11/h2,5,8,12-13,16-18,20H,3-4,6-7,9-10H2,1H3,(H,24,26)(H,25,27)/t12?,13?,16-,17?,18?,20?/m0/s1. The highest BCUT2D eigenvalue weighted by Gasteiger charge is 2.50. The molecule has 9 heteroatoms. The molecule has 1 aromatic rings. The summed E-state index contributed by atoms with van der Waals surface area (Å²) >= 11 is 7.30. The van der Waals surface area contributed by atoms with E-state index in [9.17, 15) is 14.0 Å². The molecule has 5 unspecified atom stereocenters. The minimum Gasteiger partial charge on any atom is -0.484 e. The molecule has 4 rings (SSSR count). The van der Waals surface area contributed by atoms with Gasteiger partial charge in [-0.2, -0.15) is 0 Å². The van der Waals surface area contributed by atoms with Crippen LogP contribution in [0.15, 0.2) is 18.2 Å². The zero-order valence-corrected chi connectivity index (χ0v) is 18.3. The highest BCUT2D eigenvalue weighted by atomic mass is 35.5. The summed E-state index contributed by atoms with van der Waals surface area (Å²) < 4.78 is 24.3. The number of ether oxygens (including phenoxy) is 2. The van der Waals surface area contributed by atoms with Crippen molar-refractivity contribution in [2.24, 2.45) is 11.8 Å². The molecule has 30 heavy (non-hydrogen) atoms. The molecule has 0 radical (unpaired) electrons. The first-order valence-electron chi connectivity index (χ1n) is 10.3. The van der Waals surface area contributed by atoms with Gasteiger partial charge in [0.2, 0.25) is 5.91 Å². The van der Waals surface area contributed by atoms with E-state index < -0.39 is 5.82 Å².